The third-order valence-corrected chi connectivity index (χ3v) is 4.69. The number of carbonyl (C=O) groups is 1. The van der Waals surface area contributed by atoms with Crippen molar-refractivity contribution < 1.29 is 9.18 Å². The van der Waals surface area contributed by atoms with Crippen molar-refractivity contribution in [2.75, 3.05) is 5.32 Å². The van der Waals surface area contributed by atoms with Gasteiger partial charge in [0.15, 0.2) is 5.69 Å². The smallest absolute Gasteiger partial charge is 0.279 e. The summed E-state index contributed by atoms with van der Waals surface area (Å²) >= 11 is 3.18. The average Bonchev–Trinajstić information content (AvgIpc) is 2.71. The number of nitrogens with one attached hydrogen (secondary N) is 1. The fraction of sp³-hybridized carbons (Fsp3) is 0. The van der Waals surface area contributed by atoms with Crippen LogP contribution in [0.3, 0.4) is 0 Å². The first kappa shape index (κ1) is 18.1. The van der Waals surface area contributed by atoms with Gasteiger partial charge in [0.2, 0.25) is 0 Å². The summed E-state index contributed by atoms with van der Waals surface area (Å²) in [6.07, 6.45) is 0. The number of carbonyl (C=O) groups excluding carboxylic acids is 1. The van der Waals surface area contributed by atoms with E-state index in [4.69, 9.17) is 0 Å². The highest BCUT2D eigenvalue weighted by molar-refractivity contribution is 9.10. The Morgan fingerprint density at radius 1 is 0.964 bits per heavy atom. The van der Waals surface area contributed by atoms with Gasteiger partial charge in [-0.25, -0.2) is 4.39 Å². The van der Waals surface area contributed by atoms with Crippen LogP contribution in [0.5, 0.6) is 0 Å². The summed E-state index contributed by atoms with van der Waals surface area (Å²) in [5.41, 5.74) is 0.244. The lowest BCUT2D eigenvalue weighted by Crippen LogP contribution is -2.26. The molecule has 7 heteroatoms. The van der Waals surface area contributed by atoms with Crippen molar-refractivity contribution in [3.8, 4) is 5.69 Å². The lowest BCUT2D eigenvalue weighted by atomic mass is 10.1. The maximum absolute atomic E-state index is 14.1. The van der Waals surface area contributed by atoms with Crippen LogP contribution in [0.15, 0.2) is 82.1 Å². The molecule has 28 heavy (non-hydrogen) atoms. The van der Waals surface area contributed by atoms with Gasteiger partial charge in [-0.05, 0) is 36.4 Å². The molecule has 0 radical (unpaired) electrons. The topological polar surface area (TPSA) is 64.0 Å². The summed E-state index contributed by atoms with van der Waals surface area (Å²) in [4.78, 5) is 25.7. The Hall–Kier alpha value is -3.32. The molecule has 0 aliphatic rings. The third-order valence-electron chi connectivity index (χ3n) is 4.20. The van der Waals surface area contributed by atoms with Crippen molar-refractivity contribution in [3.05, 3.63) is 99.1 Å². The van der Waals surface area contributed by atoms with Crippen LogP contribution in [0.2, 0.25) is 0 Å². The monoisotopic (exact) mass is 437 g/mol. The number of halogens is 2. The molecule has 1 amide bonds. The van der Waals surface area contributed by atoms with E-state index in [1.54, 1.807) is 54.6 Å². The summed E-state index contributed by atoms with van der Waals surface area (Å²) in [6, 6.07) is 19.8. The van der Waals surface area contributed by atoms with Gasteiger partial charge in [-0.3, -0.25) is 9.59 Å². The van der Waals surface area contributed by atoms with Crippen molar-refractivity contribution in [2.24, 2.45) is 0 Å². The van der Waals surface area contributed by atoms with Crippen LogP contribution < -0.4 is 10.9 Å². The number of nitrogens with zero attached hydrogens (tertiary/aromatic N) is 2. The fourth-order valence-electron chi connectivity index (χ4n) is 2.87. The van der Waals surface area contributed by atoms with E-state index in [0.29, 0.717) is 20.9 Å². The van der Waals surface area contributed by atoms with Crippen LogP contribution in [0.1, 0.15) is 10.5 Å². The highest BCUT2D eigenvalue weighted by Crippen LogP contribution is 2.21. The molecule has 0 spiro atoms. The van der Waals surface area contributed by atoms with Crippen molar-refractivity contribution in [1.82, 2.24) is 9.78 Å². The summed E-state index contributed by atoms with van der Waals surface area (Å²) in [6.45, 7) is 0. The molecule has 1 aromatic heterocycles. The fourth-order valence-corrected chi connectivity index (χ4v) is 3.21. The number of rotatable bonds is 3. The first-order valence-electron chi connectivity index (χ1n) is 8.38. The minimum Gasteiger partial charge on any atom is -0.318 e. The molecule has 0 fully saturated rings. The van der Waals surface area contributed by atoms with Gasteiger partial charge < -0.3 is 5.32 Å². The molecule has 0 bridgehead atoms. The van der Waals surface area contributed by atoms with Crippen molar-refractivity contribution in [1.29, 1.82) is 0 Å². The minimum absolute atomic E-state index is 0.0246. The van der Waals surface area contributed by atoms with E-state index in [9.17, 15) is 14.0 Å². The van der Waals surface area contributed by atoms with Crippen LogP contribution in [0, 0.1) is 5.82 Å². The second kappa shape index (κ2) is 7.36. The molecule has 0 aliphatic heterocycles. The third kappa shape index (κ3) is 3.32. The molecule has 0 saturated carbocycles. The maximum atomic E-state index is 14.1. The number of para-hydroxylation sites is 1. The highest BCUT2D eigenvalue weighted by Gasteiger charge is 2.18. The quantitative estimate of drug-likeness (QED) is 0.511. The Balaban J connectivity index is 1.87. The molecule has 0 aliphatic carbocycles. The molecule has 0 saturated heterocycles. The molecule has 0 unspecified atom stereocenters. The average molecular weight is 438 g/mol. The van der Waals surface area contributed by atoms with E-state index in [-0.39, 0.29) is 16.9 Å². The van der Waals surface area contributed by atoms with E-state index in [1.165, 1.54) is 16.8 Å². The molecule has 138 valence electrons. The van der Waals surface area contributed by atoms with Gasteiger partial charge in [0.1, 0.15) is 5.82 Å². The summed E-state index contributed by atoms with van der Waals surface area (Å²) in [5, 5.41) is 7.55. The van der Waals surface area contributed by atoms with E-state index < -0.39 is 11.7 Å². The molecule has 0 atom stereocenters. The van der Waals surface area contributed by atoms with E-state index in [2.05, 4.69) is 26.3 Å². The number of hydrogen-bond acceptors (Lipinski definition) is 3. The van der Waals surface area contributed by atoms with Gasteiger partial charge in [-0.15, -0.1) is 0 Å². The molecule has 3 aromatic carbocycles. The van der Waals surface area contributed by atoms with E-state index in [0.717, 1.165) is 0 Å². The number of amides is 1. The Morgan fingerprint density at radius 3 is 2.36 bits per heavy atom. The van der Waals surface area contributed by atoms with Gasteiger partial charge in [0.25, 0.3) is 11.5 Å². The van der Waals surface area contributed by atoms with Gasteiger partial charge in [-0.2, -0.15) is 9.78 Å². The van der Waals surface area contributed by atoms with Crippen LogP contribution >= 0.6 is 15.9 Å². The Bertz CT molecular complexity index is 1260. The van der Waals surface area contributed by atoms with Crippen LogP contribution in [-0.2, 0) is 0 Å². The van der Waals surface area contributed by atoms with Crippen molar-refractivity contribution in [2.45, 2.75) is 0 Å². The molecule has 1 heterocycles. The van der Waals surface area contributed by atoms with E-state index in [1.807, 2.05) is 6.07 Å². The molecule has 4 rings (SSSR count). The lowest BCUT2D eigenvalue weighted by molar-refractivity contribution is 0.102. The largest absolute Gasteiger partial charge is 0.318 e. The molecule has 5 nitrogen and oxygen atoms in total. The maximum Gasteiger partial charge on any atom is 0.279 e. The minimum atomic E-state index is -0.609. The predicted molar refractivity (Wildman–Crippen MR) is 109 cm³/mol. The Kier molecular flexibility index (Phi) is 4.75. The SMILES string of the molecule is O=C(Nc1ccc(Br)cc1F)c1nn(-c2ccccc2)c(=O)c2ccccc12. The highest BCUT2D eigenvalue weighted by atomic mass is 79.9. The molecule has 4 aromatic rings. The second-order valence-electron chi connectivity index (χ2n) is 6.02. The first-order valence-corrected chi connectivity index (χ1v) is 9.18. The zero-order valence-electron chi connectivity index (χ0n) is 14.4. The number of benzene rings is 3. The number of hydrogen-bond donors (Lipinski definition) is 1. The zero-order valence-corrected chi connectivity index (χ0v) is 16.0. The molecule has 1 N–H and O–H groups in total. The molecular weight excluding hydrogens is 425 g/mol. The predicted octanol–water partition coefficient (Wildman–Crippen LogP) is 4.54. The number of aromatic nitrogens is 2. The van der Waals surface area contributed by atoms with Crippen LogP contribution in [-0.4, -0.2) is 15.7 Å². The normalized spacial score (nSPS) is 10.8. The summed E-state index contributed by atoms with van der Waals surface area (Å²) in [5.74, 6) is -1.19. The Morgan fingerprint density at radius 2 is 1.64 bits per heavy atom. The molecular formula is C21H13BrFN3O2. The second-order valence-corrected chi connectivity index (χ2v) is 6.94. The Labute approximate surface area is 167 Å². The first-order chi connectivity index (χ1) is 13.5. The summed E-state index contributed by atoms with van der Waals surface area (Å²) < 4.78 is 15.9. The summed E-state index contributed by atoms with van der Waals surface area (Å²) in [7, 11) is 0. The van der Waals surface area contributed by atoms with Crippen molar-refractivity contribution in [3.63, 3.8) is 0 Å². The lowest BCUT2D eigenvalue weighted by Gasteiger charge is -2.12. The van der Waals surface area contributed by atoms with Gasteiger partial charge in [-0.1, -0.05) is 52.3 Å². The number of fused-ring (bicyclic) bond motifs is 1. The standard InChI is InChI=1S/C21H13BrFN3O2/c22-13-10-11-18(17(23)12-13)24-20(27)19-15-8-4-5-9-16(15)21(28)26(25-19)14-6-2-1-3-7-14/h1-12H,(H,24,27). The van der Waals surface area contributed by atoms with Crippen molar-refractivity contribution >= 4 is 38.3 Å². The van der Waals surface area contributed by atoms with Crippen LogP contribution in [0.4, 0.5) is 10.1 Å². The number of anilines is 1. The van der Waals surface area contributed by atoms with E-state index >= 15 is 0 Å². The van der Waals surface area contributed by atoms with Crippen LogP contribution in [0.25, 0.3) is 16.5 Å². The van der Waals surface area contributed by atoms with Gasteiger partial charge >= 0.3 is 0 Å². The van der Waals surface area contributed by atoms with Gasteiger partial charge in [0.05, 0.1) is 16.8 Å². The zero-order chi connectivity index (χ0) is 19.7. The van der Waals surface area contributed by atoms with Gasteiger partial charge in [0, 0.05) is 9.86 Å².